The van der Waals surface area contributed by atoms with E-state index in [1.165, 1.54) is 44.9 Å². The molecule has 4 fully saturated rings. The lowest BCUT2D eigenvalue weighted by Gasteiger charge is -2.61. The van der Waals surface area contributed by atoms with Crippen molar-refractivity contribution >= 4 is 5.97 Å². The molecule has 4 rings (SSSR count). The second-order valence-corrected chi connectivity index (χ2v) is 12.4. The number of rotatable bonds is 8. The van der Waals surface area contributed by atoms with Crippen molar-refractivity contribution in [2.75, 3.05) is 13.2 Å². The molecule has 10 atom stereocenters. The molecule has 4 aliphatic rings. The number of hydrogen-bond acceptors (Lipinski definition) is 4. The molecule has 0 aromatic rings. The van der Waals surface area contributed by atoms with Gasteiger partial charge in [0.1, 0.15) is 6.10 Å². The summed E-state index contributed by atoms with van der Waals surface area (Å²) in [5.74, 6) is 3.70. The monoisotopic (exact) mass is 450 g/mol. The van der Waals surface area contributed by atoms with E-state index in [1.807, 2.05) is 0 Å². The Morgan fingerprint density at radius 2 is 1.75 bits per heavy atom. The second-order valence-electron chi connectivity index (χ2n) is 12.4. The van der Waals surface area contributed by atoms with E-state index in [0.29, 0.717) is 35.0 Å². The third kappa shape index (κ3) is 4.38. The summed E-state index contributed by atoms with van der Waals surface area (Å²) in [7, 11) is 0. The van der Waals surface area contributed by atoms with Crippen LogP contribution in [0.15, 0.2) is 0 Å². The van der Waals surface area contributed by atoms with Gasteiger partial charge in [0.05, 0.1) is 19.3 Å². The Morgan fingerprint density at radius 1 is 1.03 bits per heavy atom. The molecule has 32 heavy (non-hydrogen) atoms. The fourth-order valence-electron chi connectivity index (χ4n) is 9.20. The smallest absolute Gasteiger partial charge is 0.303 e. The summed E-state index contributed by atoms with van der Waals surface area (Å²) in [5.41, 5.74) is 0.801. The Labute approximate surface area is 194 Å². The fourth-order valence-corrected chi connectivity index (χ4v) is 9.20. The van der Waals surface area contributed by atoms with Crippen molar-refractivity contribution in [3.8, 4) is 0 Å². The summed E-state index contributed by atoms with van der Waals surface area (Å²) < 4.78 is 5.98. The first-order chi connectivity index (χ1) is 15.2. The minimum absolute atomic E-state index is 0.227. The standard InChI is InChI=1S/C27H46O5/c1-17(4-9-25(30)31)22-7-8-23-21-6-5-18-14-20(32-16-19(29)15-28)10-12-26(18,2)24(21)11-13-27(22,23)3/h17-24,28-29H,4-16H2,1-3H3,(H,30,31)/t17-,18-,19?,20+,21+,22-,23+,24+,26+,27-/m1/s1. The third-order valence-corrected chi connectivity index (χ3v) is 10.9. The number of hydrogen-bond donors (Lipinski definition) is 3. The third-order valence-electron chi connectivity index (χ3n) is 10.9. The van der Waals surface area contributed by atoms with Crippen molar-refractivity contribution in [1.29, 1.82) is 0 Å². The van der Waals surface area contributed by atoms with Gasteiger partial charge in [-0.1, -0.05) is 20.8 Å². The summed E-state index contributed by atoms with van der Waals surface area (Å²) >= 11 is 0. The van der Waals surface area contributed by atoms with Crippen LogP contribution < -0.4 is 0 Å². The molecular formula is C27H46O5. The number of ether oxygens (including phenoxy) is 1. The van der Waals surface area contributed by atoms with Gasteiger partial charge in [0.15, 0.2) is 0 Å². The van der Waals surface area contributed by atoms with Crippen LogP contribution in [0.1, 0.15) is 91.4 Å². The Hall–Kier alpha value is -0.650. The molecule has 5 nitrogen and oxygen atoms in total. The van der Waals surface area contributed by atoms with Gasteiger partial charge >= 0.3 is 5.97 Å². The molecule has 0 spiro atoms. The van der Waals surface area contributed by atoms with Gasteiger partial charge in [0.2, 0.25) is 0 Å². The molecule has 0 radical (unpaired) electrons. The average molecular weight is 451 g/mol. The molecule has 0 aliphatic heterocycles. The van der Waals surface area contributed by atoms with Gasteiger partial charge in [-0.15, -0.1) is 0 Å². The van der Waals surface area contributed by atoms with Crippen LogP contribution in [0.4, 0.5) is 0 Å². The SMILES string of the molecule is C[C@H](CCC(=O)O)[C@H]1CC[C@H]2[C@@H]3CC[C@@H]4C[C@@H](OCC(O)CO)CC[C@]4(C)[C@H]3CC[C@]12C. The van der Waals surface area contributed by atoms with Crippen LogP contribution in [-0.2, 0) is 9.53 Å². The first kappa shape index (κ1) is 24.5. The first-order valence-corrected chi connectivity index (χ1v) is 13.3. The molecule has 0 amide bonds. The van der Waals surface area contributed by atoms with E-state index in [0.717, 1.165) is 37.0 Å². The molecule has 4 aliphatic carbocycles. The Morgan fingerprint density at radius 3 is 2.47 bits per heavy atom. The summed E-state index contributed by atoms with van der Waals surface area (Å²) in [6.07, 6.45) is 11.9. The predicted octanol–water partition coefficient (Wildman–Crippen LogP) is 4.88. The number of carbonyl (C=O) groups is 1. The lowest BCUT2D eigenvalue weighted by molar-refractivity contribution is -0.142. The molecule has 5 heteroatoms. The van der Waals surface area contributed by atoms with Crippen molar-refractivity contribution in [2.24, 2.45) is 46.3 Å². The number of fused-ring (bicyclic) bond motifs is 5. The molecule has 1 unspecified atom stereocenters. The van der Waals surface area contributed by atoms with Crippen molar-refractivity contribution in [2.45, 2.75) is 104 Å². The Balaban J connectivity index is 1.41. The molecule has 0 heterocycles. The number of aliphatic carboxylic acids is 1. The minimum Gasteiger partial charge on any atom is -0.481 e. The zero-order valence-corrected chi connectivity index (χ0v) is 20.5. The zero-order valence-electron chi connectivity index (χ0n) is 20.5. The molecule has 4 saturated carbocycles. The van der Waals surface area contributed by atoms with Gasteiger partial charge in [-0.05, 0) is 111 Å². The van der Waals surface area contributed by atoms with Crippen LogP contribution in [0, 0.1) is 46.3 Å². The Bertz CT molecular complexity index is 666. The molecule has 0 saturated heterocycles. The topological polar surface area (TPSA) is 87.0 Å². The number of aliphatic hydroxyl groups excluding tert-OH is 2. The second kappa shape index (κ2) is 9.54. The van der Waals surface area contributed by atoms with E-state index in [4.69, 9.17) is 14.9 Å². The van der Waals surface area contributed by atoms with Crippen LogP contribution in [0.25, 0.3) is 0 Å². The summed E-state index contributed by atoms with van der Waals surface area (Å²) in [6.45, 7) is 7.44. The average Bonchev–Trinajstić information content (AvgIpc) is 3.12. The van der Waals surface area contributed by atoms with E-state index in [-0.39, 0.29) is 19.3 Å². The lowest BCUT2D eigenvalue weighted by Crippen LogP contribution is -2.54. The molecule has 0 aromatic heterocycles. The van der Waals surface area contributed by atoms with Crippen LogP contribution in [0.2, 0.25) is 0 Å². The van der Waals surface area contributed by atoms with Crippen LogP contribution in [0.3, 0.4) is 0 Å². The maximum Gasteiger partial charge on any atom is 0.303 e. The quantitative estimate of drug-likeness (QED) is 0.490. The van der Waals surface area contributed by atoms with Gasteiger partial charge in [-0.3, -0.25) is 4.79 Å². The number of carboxylic acids is 1. The van der Waals surface area contributed by atoms with Crippen LogP contribution >= 0.6 is 0 Å². The molecule has 0 aromatic carbocycles. The summed E-state index contributed by atoms with van der Waals surface area (Å²) in [4.78, 5) is 11.1. The number of carboxylic acid groups (broad SMARTS) is 1. The fraction of sp³-hybridized carbons (Fsp3) is 0.963. The minimum atomic E-state index is -0.761. The van der Waals surface area contributed by atoms with Crippen molar-refractivity contribution < 1.29 is 24.9 Å². The zero-order chi connectivity index (χ0) is 23.1. The van der Waals surface area contributed by atoms with Gasteiger partial charge in [-0.2, -0.15) is 0 Å². The molecule has 0 bridgehead atoms. The highest BCUT2D eigenvalue weighted by Crippen LogP contribution is 2.68. The molecular weight excluding hydrogens is 404 g/mol. The van der Waals surface area contributed by atoms with Gasteiger partial charge in [0.25, 0.3) is 0 Å². The van der Waals surface area contributed by atoms with E-state index in [9.17, 15) is 9.90 Å². The van der Waals surface area contributed by atoms with E-state index < -0.39 is 12.1 Å². The lowest BCUT2D eigenvalue weighted by atomic mass is 9.44. The van der Waals surface area contributed by atoms with E-state index >= 15 is 0 Å². The van der Waals surface area contributed by atoms with Gasteiger partial charge < -0.3 is 20.1 Å². The molecule has 3 N–H and O–H groups in total. The van der Waals surface area contributed by atoms with Crippen molar-refractivity contribution in [3.05, 3.63) is 0 Å². The highest BCUT2D eigenvalue weighted by molar-refractivity contribution is 5.66. The molecule has 184 valence electrons. The van der Waals surface area contributed by atoms with Crippen LogP contribution in [-0.4, -0.2) is 46.7 Å². The largest absolute Gasteiger partial charge is 0.481 e. The van der Waals surface area contributed by atoms with Crippen LogP contribution in [0.5, 0.6) is 0 Å². The highest BCUT2D eigenvalue weighted by atomic mass is 16.5. The van der Waals surface area contributed by atoms with E-state index in [1.54, 1.807) is 0 Å². The van der Waals surface area contributed by atoms with E-state index in [2.05, 4.69) is 20.8 Å². The van der Waals surface area contributed by atoms with Crippen molar-refractivity contribution in [3.63, 3.8) is 0 Å². The maximum absolute atomic E-state index is 11.1. The highest BCUT2D eigenvalue weighted by Gasteiger charge is 2.60. The van der Waals surface area contributed by atoms with Gasteiger partial charge in [-0.25, -0.2) is 0 Å². The van der Waals surface area contributed by atoms with Gasteiger partial charge in [0, 0.05) is 6.42 Å². The Kier molecular flexibility index (Phi) is 7.30. The van der Waals surface area contributed by atoms with Crippen molar-refractivity contribution in [1.82, 2.24) is 0 Å². The maximum atomic E-state index is 11.1. The summed E-state index contributed by atoms with van der Waals surface area (Å²) in [5, 5.41) is 27.9. The summed E-state index contributed by atoms with van der Waals surface area (Å²) in [6, 6.07) is 0. The number of aliphatic hydroxyl groups is 2. The predicted molar refractivity (Wildman–Crippen MR) is 124 cm³/mol. The normalized spacial score (nSPS) is 45.4. The first-order valence-electron chi connectivity index (χ1n) is 13.3.